The summed E-state index contributed by atoms with van der Waals surface area (Å²) >= 11 is 0. The van der Waals surface area contributed by atoms with Crippen molar-refractivity contribution in [2.45, 2.75) is 19.3 Å². The molecule has 0 radical (unpaired) electrons. The van der Waals surface area contributed by atoms with Crippen molar-refractivity contribution in [2.24, 2.45) is 0 Å². The van der Waals surface area contributed by atoms with E-state index in [2.05, 4.69) is 200 Å². The van der Waals surface area contributed by atoms with Gasteiger partial charge in [0.1, 0.15) is 0 Å². The first kappa shape index (κ1) is 33.9. The van der Waals surface area contributed by atoms with Crippen molar-refractivity contribution in [3.05, 3.63) is 205 Å². The second kappa shape index (κ2) is 13.4. The number of benzene rings is 8. The minimum absolute atomic E-state index is 0.120. The molecule has 58 heavy (non-hydrogen) atoms. The van der Waals surface area contributed by atoms with E-state index in [9.17, 15) is 0 Å². The summed E-state index contributed by atoms with van der Waals surface area (Å²) in [6, 6.07) is 68.9. The van der Waals surface area contributed by atoms with Crippen LogP contribution in [0.25, 0.3) is 95.0 Å². The fraction of sp³-hybridized carbons (Fsp3) is 0.0556. The maximum absolute atomic E-state index is 5.38. The average molecular weight is 743 g/mol. The van der Waals surface area contributed by atoms with Crippen molar-refractivity contribution in [1.82, 2.24) is 19.5 Å². The first-order valence-electron chi connectivity index (χ1n) is 19.9. The molecule has 0 saturated heterocycles. The van der Waals surface area contributed by atoms with Crippen LogP contribution in [-0.4, -0.2) is 19.5 Å². The summed E-state index contributed by atoms with van der Waals surface area (Å²) in [7, 11) is 0. The number of fused-ring (bicyclic) bond motifs is 6. The molecule has 4 nitrogen and oxygen atoms in total. The van der Waals surface area contributed by atoms with E-state index in [0.29, 0.717) is 17.6 Å². The van der Waals surface area contributed by atoms with Crippen LogP contribution in [0.1, 0.15) is 25.0 Å². The Morgan fingerprint density at radius 2 is 0.897 bits per heavy atom. The van der Waals surface area contributed by atoms with E-state index in [1.165, 1.54) is 33.4 Å². The highest BCUT2D eigenvalue weighted by atomic mass is 15.2. The Bertz CT molecular complexity index is 3180. The molecule has 0 spiro atoms. The molecule has 10 aromatic rings. The van der Waals surface area contributed by atoms with Gasteiger partial charge in [-0.1, -0.05) is 196 Å². The van der Waals surface area contributed by atoms with E-state index in [-0.39, 0.29) is 5.41 Å². The van der Waals surface area contributed by atoms with Crippen molar-refractivity contribution in [1.29, 1.82) is 0 Å². The van der Waals surface area contributed by atoms with Gasteiger partial charge in [0.2, 0.25) is 5.95 Å². The number of hydrogen-bond donors (Lipinski definition) is 0. The summed E-state index contributed by atoms with van der Waals surface area (Å²) in [5.41, 5.74) is 16.0. The highest BCUT2D eigenvalue weighted by molar-refractivity contribution is 6.15. The Morgan fingerprint density at radius 1 is 0.379 bits per heavy atom. The van der Waals surface area contributed by atoms with E-state index in [1.807, 2.05) is 12.1 Å². The van der Waals surface area contributed by atoms with E-state index in [0.717, 1.165) is 55.2 Å². The maximum atomic E-state index is 5.38. The van der Waals surface area contributed by atoms with Gasteiger partial charge in [0.05, 0.1) is 11.0 Å². The van der Waals surface area contributed by atoms with E-state index in [4.69, 9.17) is 15.0 Å². The van der Waals surface area contributed by atoms with Gasteiger partial charge in [-0.15, -0.1) is 0 Å². The van der Waals surface area contributed by atoms with Gasteiger partial charge in [-0.2, -0.15) is 9.97 Å². The molecule has 0 amide bonds. The molecule has 8 aromatic carbocycles. The molecule has 2 aromatic heterocycles. The highest BCUT2D eigenvalue weighted by Crippen LogP contribution is 2.53. The third kappa shape index (κ3) is 5.41. The fourth-order valence-electron chi connectivity index (χ4n) is 9.06. The third-order valence-corrected chi connectivity index (χ3v) is 11.9. The van der Waals surface area contributed by atoms with Gasteiger partial charge in [0, 0.05) is 32.9 Å². The van der Waals surface area contributed by atoms with Gasteiger partial charge in [0.15, 0.2) is 11.6 Å². The quantitative estimate of drug-likeness (QED) is 0.170. The van der Waals surface area contributed by atoms with Gasteiger partial charge >= 0.3 is 0 Å². The second-order valence-corrected chi connectivity index (χ2v) is 15.6. The zero-order chi connectivity index (χ0) is 38.8. The molecule has 0 aliphatic heterocycles. The van der Waals surface area contributed by atoms with E-state index in [1.54, 1.807) is 0 Å². The first-order chi connectivity index (χ1) is 28.5. The summed E-state index contributed by atoms with van der Waals surface area (Å²) in [6.45, 7) is 4.68. The lowest BCUT2D eigenvalue weighted by Gasteiger charge is -2.21. The van der Waals surface area contributed by atoms with Crippen LogP contribution in [0.5, 0.6) is 0 Å². The number of hydrogen-bond acceptors (Lipinski definition) is 3. The minimum atomic E-state index is -0.120. The molecular formula is C54H38N4. The molecule has 1 aliphatic carbocycles. The van der Waals surface area contributed by atoms with Crippen LogP contribution < -0.4 is 0 Å². The predicted molar refractivity (Wildman–Crippen MR) is 239 cm³/mol. The standard InChI is InChI=1S/C54H38N4/c1-54(2)46-27-11-9-23-45(46)49-42(24-15-28-47(49)54)44-26-14-25-43-41-22-10-12-29-48(41)58(50(43)44)53-56-51(38-32-30-37(31-33-38)35-16-5-3-6-17-35)55-52(57-53)40-21-13-20-39(34-40)36-18-7-4-8-19-36/h3-34H,1-2H3. The number of nitrogens with zero attached hydrogens (tertiary/aromatic N) is 4. The maximum Gasteiger partial charge on any atom is 0.238 e. The third-order valence-electron chi connectivity index (χ3n) is 11.9. The molecule has 0 fully saturated rings. The number of aromatic nitrogens is 4. The highest BCUT2D eigenvalue weighted by Gasteiger charge is 2.37. The zero-order valence-electron chi connectivity index (χ0n) is 32.3. The van der Waals surface area contributed by atoms with Crippen molar-refractivity contribution < 1.29 is 0 Å². The van der Waals surface area contributed by atoms with Crippen LogP contribution in [0.3, 0.4) is 0 Å². The van der Waals surface area contributed by atoms with Crippen LogP contribution >= 0.6 is 0 Å². The van der Waals surface area contributed by atoms with Crippen LogP contribution in [0.4, 0.5) is 0 Å². The number of rotatable bonds is 6. The largest absolute Gasteiger partial charge is 0.277 e. The van der Waals surface area contributed by atoms with Crippen LogP contribution in [-0.2, 0) is 5.41 Å². The lowest BCUT2D eigenvalue weighted by molar-refractivity contribution is 0.660. The molecule has 4 heteroatoms. The van der Waals surface area contributed by atoms with Crippen molar-refractivity contribution >= 4 is 21.8 Å². The summed E-state index contributed by atoms with van der Waals surface area (Å²) < 4.78 is 2.26. The Labute approximate surface area is 337 Å². The molecule has 0 unspecified atom stereocenters. The molecule has 0 saturated carbocycles. The first-order valence-corrected chi connectivity index (χ1v) is 19.9. The molecule has 2 heterocycles. The summed E-state index contributed by atoms with van der Waals surface area (Å²) in [5.74, 6) is 1.80. The second-order valence-electron chi connectivity index (χ2n) is 15.6. The Balaban J connectivity index is 1.18. The number of para-hydroxylation sites is 2. The minimum Gasteiger partial charge on any atom is -0.277 e. The Kier molecular flexibility index (Phi) is 7.80. The van der Waals surface area contributed by atoms with Crippen LogP contribution in [0.2, 0.25) is 0 Å². The van der Waals surface area contributed by atoms with Gasteiger partial charge < -0.3 is 0 Å². The van der Waals surface area contributed by atoms with Gasteiger partial charge in [-0.25, -0.2) is 4.98 Å². The summed E-state index contributed by atoms with van der Waals surface area (Å²) in [6.07, 6.45) is 0. The average Bonchev–Trinajstić information content (AvgIpc) is 3.76. The fourth-order valence-corrected chi connectivity index (χ4v) is 9.06. The van der Waals surface area contributed by atoms with Crippen molar-refractivity contribution in [3.63, 3.8) is 0 Å². The zero-order valence-corrected chi connectivity index (χ0v) is 32.3. The van der Waals surface area contributed by atoms with E-state index < -0.39 is 0 Å². The smallest absolute Gasteiger partial charge is 0.238 e. The van der Waals surface area contributed by atoms with Crippen LogP contribution in [0, 0.1) is 0 Å². The topological polar surface area (TPSA) is 43.6 Å². The normalized spacial score (nSPS) is 12.8. The molecule has 0 bridgehead atoms. The Hall–Kier alpha value is -7.43. The Morgan fingerprint density at radius 3 is 1.69 bits per heavy atom. The van der Waals surface area contributed by atoms with E-state index >= 15 is 0 Å². The predicted octanol–water partition coefficient (Wildman–Crippen LogP) is 13.6. The molecule has 274 valence electrons. The summed E-state index contributed by atoms with van der Waals surface area (Å²) in [4.78, 5) is 16.0. The molecule has 0 N–H and O–H groups in total. The van der Waals surface area contributed by atoms with Crippen LogP contribution in [0.15, 0.2) is 194 Å². The molecule has 0 atom stereocenters. The van der Waals surface area contributed by atoms with Gasteiger partial charge in [-0.3, -0.25) is 4.57 Å². The molecular weight excluding hydrogens is 705 g/mol. The lowest BCUT2D eigenvalue weighted by atomic mass is 9.82. The van der Waals surface area contributed by atoms with Crippen molar-refractivity contribution in [3.8, 4) is 73.2 Å². The van der Waals surface area contributed by atoms with Gasteiger partial charge in [-0.05, 0) is 62.2 Å². The monoisotopic (exact) mass is 742 g/mol. The van der Waals surface area contributed by atoms with Gasteiger partial charge in [0.25, 0.3) is 0 Å². The molecule has 11 rings (SSSR count). The SMILES string of the molecule is CC1(C)c2ccccc2-c2c(-c3cccc4c5ccccc5n(-c5nc(-c6ccc(-c7ccccc7)cc6)nc(-c6cccc(-c7ccccc7)c6)n5)c34)cccc21. The van der Waals surface area contributed by atoms with Crippen molar-refractivity contribution in [2.75, 3.05) is 0 Å². The summed E-state index contributed by atoms with van der Waals surface area (Å²) in [5, 5.41) is 2.30. The lowest BCUT2D eigenvalue weighted by Crippen LogP contribution is -2.14. The molecule has 1 aliphatic rings.